The summed E-state index contributed by atoms with van der Waals surface area (Å²) in [6.07, 6.45) is 1.70. The summed E-state index contributed by atoms with van der Waals surface area (Å²) in [7, 11) is 1.58. The summed E-state index contributed by atoms with van der Waals surface area (Å²) in [5.41, 5.74) is 3.38. The molecule has 0 spiro atoms. The van der Waals surface area contributed by atoms with Crippen molar-refractivity contribution in [1.29, 1.82) is 0 Å². The fraction of sp³-hybridized carbons (Fsp3) is 0.158. The van der Waals surface area contributed by atoms with Gasteiger partial charge in [0, 0.05) is 5.56 Å². The largest absolute Gasteiger partial charge is 0.496 e. The summed E-state index contributed by atoms with van der Waals surface area (Å²) in [5.74, 6) is 0.362. The molecule has 4 nitrogen and oxygen atoms in total. The van der Waals surface area contributed by atoms with Crippen LogP contribution in [0.4, 0.5) is 10.5 Å². The van der Waals surface area contributed by atoms with Crippen LogP contribution < -0.4 is 9.64 Å². The first-order chi connectivity index (χ1) is 11.5. The quantitative estimate of drug-likeness (QED) is 0.770. The SMILES string of the molecule is COc1ccccc1/C=C1\SC(=O)N(c2cccc(C)c2C)C1=O. The fourth-order valence-electron chi connectivity index (χ4n) is 2.58. The first kappa shape index (κ1) is 16.3. The van der Waals surface area contributed by atoms with Gasteiger partial charge in [-0.15, -0.1) is 0 Å². The van der Waals surface area contributed by atoms with E-state index in [0.717, 1.165) is 28.5 Å². The van der Waals surface area contributed by atoms with Gasteiger partial charge in [-0.3, -0.25) is 9.59 Å². The van der Waals surface area contributed by atoms with Crippen LogP contribution in [-0.4, -0.2) is 18.3 Å². The van der Waals surface area contributed by atoms with Crippen LogP contribution in [0, 0.1) is 13.8 Å². The number of nitrogens with zero attached hydrogens (tertiary/aromatic N) is 1. The van der Waals surface area contributed by atoms with E-state index in [2.05, 4.69) is 0 Å². The normalized spacial score (nSPS) is 16.1. The van der Waals surface area contributed by atoms with E-state index in [0.29, 0.717) is 16.3 Å². The average molecular weight is 339 g/mol. The number of carbonyl (C=O) groups is 2. The molecular weight excluding hydrogens is 322 g/mol. The van der Waals surface area contributed by atoms with E-state index in [1.54, 1.807) is 19.3 Å². The Morgan fingerprint density at radius 2 is 1.79 bits per heavy atom. The fourth-order valence-corrected chi connectivity index (χ4v) is 3.41. The molecule has 0 atom stereocenters. The van der Waals surface area contributed by atoms with Crippen molar-refractivity contribution in [2.75, 3.05) is 12.0 Å². The number of benzene rings is 2. The molecule has 122 valence electrons. The van der Waals surface area contributed by atoms with Crippen LogP contribution in [-0.2, 0) is 4.79 Å². The maximum Gasteiger partial charge on any atom is 0.298 e. The zero-order valence-electron chi connectivity index (χ0n) is 13.7. The highest BCUT2D eigenvalue weighted by Crippen LogP contribution is 2.38. The highest BCUT2D eigenvalue weighted by molar-refractivity contribution is 8.19. The van der Waals surface area contributed by atoms with Gasteiger partial charge in [0.1, 0.15) is 5.75 Å². The summed E-state index contributed by atoms with van der Waals surface area (Å²) < 4.78 is 5.30. The minimum Gasteiger partial charge on any atom is -0.496 e. The number of hydrogen-bond donors (Lipinski definition) is 0. The lowest BCUT2D eigenvalue weighted by Crippen LogP contribution is -2.28. The van der Waals surface area contributed by atoms with Gasteiger partial charge in [-0.1, -0.05) is 30.3 Å². The van der Waals surface area contributed by atoms with Gasteiger partial charge in [0.25, 0.3) is 11.1 Å². The molecule has 2 aromatic rings. The molecule has 0 aliphatic carbocycles. The van der Waals surface area contributed by atoms with E-state index in [1.807, 2.05) is 50.2 Å². The molecule has 0 radical (unpaired) electrons. The molecule has 5 heteroatoms. The van der Waals surface area contributed by atoms with E-state index in [4.69, 9.17) is 4.74 Å². The Labute approximate surface area is 145 Å². The van der Waals surface area contributed by atoms with Crippen LogP contribution >= 0.6 is 11.8 Å². The summed E-state index contributed by atoms with van der Waals surface area (Å²) in [4.78, 5) is 26.8. The number of ether oxygens (including phenoxy) is 1. The van der Waals surface area contributed by atoms with Crippen molar-refractivity contribution in [3.63, 3.8) is 0 Å². The summed E-state index contributed by atoms with van der Waals surface area (Å²) >= 11 is 0.948. The molecule has 0 saturated carbocycles. The molecule has 1 saturated heterocycles. The lowest BCUT2D eigenvalue weighted by molar-refractivity contribution is -0.113. The van der Waals surface area contributed by atoms with Gasteiger partial charge in [-0.25, -0.2) is 4.90 Å². The van der Waals surface area contributed by atoms with Gasteiger partial charge in [0.05, 0.1) is 17.7 Å². The first-order valence-corrected chi connectivity index (χ1v) is 8.31. The van der Waals surface area contributed by atoms with E-state index in [9.17, 15) is 9.59 Å². The second-order valence-electron chi connectivity index (χ2n) is 5.48. The Hall–Kier alpha value is -2.53. The Bertz CT molecular complexity index is 857. The molecule has 0 unspecified atom stereocenters. The van der Waals surface area contributed by atoms with Gasteiger partial charge in [0.2, 0.25) is 0 Å². The molecule has 1 aliphatic heterocycles. The van der Waals surface area contributed by atoms with Crippen molar-refractivity contribution in [2.45, 2.75) is 13.8 Å². The molecule has 1 aliphatic rings. The lowest BCUT2D eigenvalue weighted by atomic mass is 10.1. The van der Waals surface area contributed by atoms with Crippen molar-refractivity contribution in [3.8, 4) is 5.75 Å². The van der Waals surface area contributed by atoms with Crippen LogP contribution in [0.3, 0.4) is 0 Å². The zero-order valence-corrected chi connectivity index (χ0v) is 14.5. The van der Waals surface area contributed by atoms with E-state index >= 15 is 0 Å². The number of amides is 2. The van der Waals surface area contributed by atoms with Crippen LogP contribution in [0.5, 0.6) is 5.75 Å². The molecule has 3 rings (SSSR count). The second-order valence-corrected chi connectivity index (χ2v) is 6.47. The minimum absolute atomic E-state index is 0.283. The number of para-hydroxylation sites is 1. The Kier molecular flexibility index (Phi) is 4.44. The van der Waals surface area contributed by atoms with Crippen molar-refractivity contribution in [3.05, 3.63) is 64.1 Å². The van der Waals surface area contributed by atoms with Gasteiger partial charge in [-0.05, 0) is 54.9 Å². The number of anilines is 1. The number of aryl methyl sites for hydroxylation is 1. The van der Waals surface area contributed by atoms with Crippen LogP contribution in [0.15, 0.2) is 47.4 Å². The monoisotopic (exact) mass is 339 g/mol. The smallest absolute Gasteiger partial charge is 0.298 e. The van der Waals surface area contributed by atoms with Gasteiger partial charge in [0.15, 0.2) is 0 Å². The molecule has 1 heterocycles. The maximum absolute atomic E-state index is 12.8. The summed E-state index contributed by atoms with van der Waals surface area (Å²) in [5, 5.41) is -0.283. The van der Waals surface area contributed by atoms with Crippen molar-refractivity contribution >= 4 is 34.7 Å². The third-order valence-electron chi connectivity index (χ3n) is 4.04. The lowest BCUT2D eigenvalue weighted by Gasteiger charge is -2.16. The third kappa shape index (κ3) is 2.83. The van der Waals surface area contributed by atoms with E-state index in [-0.39, 0.29) is 11.1 Å². The second kappa shape index (κ2) is 6.53. The number of imide groups is 1. The molecule has 2 amide bonds. The highest BCUT2D eigenvalue weighted by atomic mass is 32.2. The molecule has 0 aromatic heterocycles. The van der Waals surface area contributed by atoms with Gasteiger partial charge in [-0.2, -0.15) is 0 Å². The third-order valence-corrected chi connectivity index (χ3v) is 4.91. The van der Waals surface area contributed by atoms with Crippen molar-refractivity contribution < 1.29 is 14.3 Å². The Morgan fingerprint density at radius 1 is 1.04 bits per heavy atom. The first-order valence-electron chi connectivity index (χ1n) is 7.50. The standard InChI is InChI=1S/C19H17NO3S/c1-12-7-6-9-15(13(12)2)20-18(21)17(24-19(20)22)11-14-8-4-5-10-16(14)23-3/h4-11H,1-3H3/b17-11-. The predicted octanol–water partition coefficient (Wildman–Crippen LogP) is 4.55. The highest BCUT2D eigenvalue weighted by Gasteiger charge is 2.37. The number of methoxy groups -OCH3 is 1. The predicted molar refractivity (Wildman–Crippen MR) is 97.4 cm³/mol. The molecule has 0 N–H and O–H groups in total. The Morgan fingerprint density at radius 3 is 2.54 bits per heavy atom. The zero-order chi connectivity index (χ0) is 17.3. The van der Waals surface area contributed by atoms with Crippen LogP contribution in [0.2, 0.25) is 0 Å². The number of thioether (sulfide) groups is 1. The van der Waals surface area contributed by atoms with E-state index < -0.39 is 0 Å². The maximum atomic E-state index is 12.8. The molecular formula is C19H17NO3S. The van der Waals surface area contributed by atoms with E-state index in [1.165, 1.54) is 4.90 Å². The number of rotatable bonds is 3. The Balaban J connectivity index is 2.00. The summed E-state index contributed by atoms with van der Waals surface area (Å²) in [6, 6.07) is 13.0. The van der Waals surface area contributed by atoms with Crippen LogP contribution in [0.1, 0.15) is 16.7 Å². The average Bonchev–Trinajstić information content (AvgIpc) is 2.85. The molecule has 24 heavy (non-hydrogen) atoms. The molecule has 2 aromatic carbocycles. The van der Waals surface area contributed by atoms with Crippen molar-refractivity contribution in [2.24, 2.45) is 0 Å². The molecule has 1 fully saturated rings. The number of hydrogen-bond acceptors (Lipinski definition) is 4. The summed E-state index contributed by atoms with van der Waals surface area (Å²) in [6.45, 7) is 3.88. The van der Waals surface area contributed by atoms with Crippen LogP contribution in [0.25, 0.3) is 6.08 Å². The van der Waals surface area contributed by atoms with Gasteiger partial charge >= 0.3 is 0 Å². The number of carbonyl (C=O) groups excluding carboxylic acids is 2. The minimum atomic E-state index is -0.301. The molecule has 0 bridgehead atoms. The topological polar surface area (TPSA) is 46.6 Å². The van der Waals surface area contributed by atoms with Gasteiger partial charge < -0.3 is 4.74 Å². The van der Waals surface area contributed by atoms with Crippen molar-refractivity contribution in [1.82, 2.24) is 0 Å².